The number of rotatable bonds is 6. The number of hydrogen-bond donors (Lipinski definition) is 2. The molecule has 3 aromatic rings. The second-order valence-electron chi connectivity index (χ2n) is 6.24. The summed E-state index contributed by atoms with van der Waals surface area (Å²) < 4.78 is 5.04. The Hall–Kier alpha value is -2.51. The summed E-state index contributed by atoms with van der Waals surface area (Å²) in [5.41, 5.74) is 1.51. The molecule has 0 saturated heterocycles. The Kier molecular flexibility index (Phi) is 5.49. The topological polar surface area (TPSA) is 84.1 Å². The van der Waals surface area contributed by atoms with E-state index < -0.39 is 0 Å². The van der Waals surface area contributed by atoms with Gasteiger partial charge in [0.05, 0.1) is 16.9 Å². The molecule has 0 aliphatic carbocycles. The van der Waals surface area contributed by atoms with E-state index in [1.165, 1.54) is 11.3 Å². The van der Waals surface area contributed by atoms with Crippen LogP contribution in [0, 0.1) is 6.92 Å². The van der Waals surface area contributed by atoms with Crippen molar-refractivity contribution in [2.75, 3.05) is 13.7 Å². The van der Waals surface area contributed by atoms with Crippen molar-refractivity contribution in [3.8, 4) is 0 Å². The first-order chi connectivity index (χ1) is 12.5. The lowest BCUT2D eigenvalue weighted by atomic mass is 10.1. The first kappa shape index (κ1) is 18.3. The van der Waals surface area contributed by atoms with Crippen LogP contribution in [-0.4, -0.2) is 35.6 Å². The van der Waals surface area contributed by atoms with Crippen LogP contribution in [0.2, 0.25) is 0 Å². The van der Waals surface area contributed by atoms with Gasteiger partial charge in [-0.3, -0.25) is 9.59 Å². The average molecular weight is 371 g/mol. The summed E-state index contributed by atoms with van der Waals surface area (Å²) in [6, 6.07) is 9.70. The number of thiophene rings is 1. The number of fused-ring (bicyclic) bond motifs is 1. The molecule has 1 amide bonds. The van der Waals surface area contributed by atoms with Gasteiger partial charge in [-0.25, -0.2) is 4.98 Å². The van der Waals surface area contributed by atoms with Crippen molar-refractivity contribution in [2.24, 2.45) is 0 Å². The van der Waals surface area contributed by atoms with Crippen molar-refractivity contribution >= 4 is 27.5 Å². The number of nitrogens with one attached hydrogen (secondary N) is 2. The molecule has 6 nitrogen and oxygen atoms in total. The van der Waals surface area contributed by atoms with Crippen molar-refractivity contribution < 1.29 is 9.53 Å². The van der Waals surface area contributed by atoms with Crippen LogP contribution < -0.4 is 10.9 Å². The lowest BCUT2D eigenvalue weighted by Gasteiger charge is -2.11. The molecule has 0 spiro atoms. The van der Waals surface area contributed by atoms with Crippen LogP contribution in [0.25, 0.3) is 10.2 Å². The Morgan fingerprint density at radius 1 is 1.35 bits per heavy atom. The van der Waals surface area contributed by atoms with Gasteiger partial charge in [-0.15, -0.1) is 11.3 Å². The number of benzene rings is 1. The van der Waals surface area contributed by atoms with E-state index in [0.29, 0.717) is 39.5 Å². The molecular formula is C19H21N3O3S. The molecule has 26 heavy (non-hydrogen) atoms. The van der Waals surface area contributed by atoms with Crippen molar-refractivity contribution in [1.82, 2.24) is 15.3 Å². The molecule has 0 aliphatic rings. The number of aromatic amines is 1. The van der Waals surface area contributed by atoms with Gasteiger partial charge >= 0.3 is 0 Å². The number of carbonyl (C=O) groups is 1. The maximum absolute atomic E-state index is 12.5. The summed E-state index contributed by atoms with van der Waals surface area (Å²) in [4.78, 5) is 33.5. The zero-order valence-corrected chi connectivity index (χ0v) is 15.8. The van der Waals surface area contributed by atoms with Crippen molar-refractivity contribution in [3.05, 3.63) is 62.5 Å². The number of nitrogens with zero attached hydrogens (tertiary/aromatic N) is 1. The maximum Gasteiger partial charge on any atom is 0.262 e. The summed E-state index contributed by atoms with van der Waals surface area (Å²) in [5.74, 6) is 0.383. The van der Waals surface area contributed by atoms with E-state index in [1.54, 1.807) is 14.0 Å². The summed E-state index contributed by atoms with van der Waals surface area (Å²) in [6.45, 7) is 4.07. The summed E-state index contributed by atoms with van der Waals surface area (Å²) in [5, 5.41) is 3.36. The molecule has 2 N–H and O–H groups in total. The first-order valence-corrected chi connectivity index (χ1v) is 9.17. The molecule has 136 valence electrons. The molecule has 1 atom stereocenters. The van der Waals surface area contributed by atoms with Gasteiger partial charge in [0.1, 0.15) is 10.7 Å². The first-order valence-electron chi connectivity index (χ1n) is 8.35. The standard InChI is InChI=1S/C19H21N3O3S/c1-11(10-25-3)20-18(24)16-12(2)15-17(23)21-14(22-19(15)26-16)9-13-7-5-4-6-8-13/h4-8,11H,9-10H2,1-3H3,(H,20,24)(H,21,22,23). The molecule has 3 rings (SSSR count). The number of aryl methyl sites for hydroxylation is 1. The molecule has 1 unspecified atom stereocenters. The minimum atomic E-state index is -0.210. The Morgan fingerprint density at radius 3 is 2.77 bits per heavy atom. The largest absolute Gasteiger partial charge is 0.383 e. The highest BCUT2D eigenvalue weighted by molar-refractivity contribution is 7.20. The molecule has 0 aliphatic heterocycles. The van der Waals surface area contributed by atoms with Gasteiger partial charge in [0.2, 0.25) is 0 Å². The maximum atomic E-state index is 12.5. The highest BCUT2D eigenvalue weighted by Crippen LogP contribution is 2.27. The van der Waals surface area contributed by atoms with Crippen molar-refractivity contribution in [2.45, 2.75) is 26.3 Å². The van der Waals surface area contributed by atoms with Gasteiger partial charge in [0.15, 0.2) is 0 Å². The molecule has 0 fully saturated rings. The highest BCUT2D eigenvalue weighted by atomic mass is 32.1. The second-order valence-corrected chi connectivity index (χ2v) is 7.24. The third-order valence-corrected chi connectivity index (χ3v) is 5.25. The van der Waals surface area contributed by atoms with E-state index in [9.17, 15) is 9.59 Å². The fourth-order valence-electron chi connectivity index (χ4n) is 2.86. The lowest BCUT2D eigenvalue weighted by molar-refractivity contribution is 0.0909. The second kappa shape index (κ2) is 7.80. The normalized spacial score (nSPS) is 12.3. The average Bonchev–Trinajstić information content (AvgIpc) is 2.93. The number of carbonyl (C=O) groups excluding carboxylic acids is 1. The van der Waals surface area contributed by atoms with Crippen LogP contribution in [0.5, 0.6) is 0 Å². The van der Waals surface area contributed by atoms with Crippen LogP contribution in [0.15, 0.2) is 35.1 Å². The zero-order chi connectivity index (χ0) is 18.7. The summed E-state index contributed by atoms with van der Waals surface area (Å²) in [6.07, 6.45) is 0.537. The smallest absolute Gasteiger partial charge is 0.262 e. The number of hydrogen-bond acceptors (Lipinski definition) is 5. The number of aromatic nitrogens is 2. The molecule has 2 aromatic heterocycles. The Labute approximate surface area is 155 Å². The minimum absolute atomic E-state index is 0.114. The van der Waals surface area contributed by atoms with Gasteiger partial charge < -0.3 is 15.0 Å². The van der Waals surface area contributed by atoms with E-state index in [2.05, 4.69) is 15.3 Å². The molecule has 0 saturated carbocycles. The van der Waals surface area contributed by atoms with Gasteiger partial charge in [0.25, 0.3) is 11.5 Å². The summed E-state index contributed by atoms with van der Waals surface area (Å²) in [7, 11) is 1.59. The monoisotopic (exact) mass is 371 g/mol. The van der Waals surface area contributed by atoms with Gasteiger partial charge in [-0.2, -0.15) is 0 Å². The predicted molar refractivity (Wildman–Crippen MR) is 103 cm³/mol. The van der Waals surface area contributed by atoms with E-state index >= 15 is 0 Å². The Morgan fingerprint density at radius 2 is 2.08 bits per heavy atom. The Bertz CT molecular complexity index is 979. The summed E-state index contributed by atoms with van der Waals surface area (Å²) >= 11 is 1.25. The van der Waals surface area contributed by atoms with Gasteiger partial charge in [-0.05, 0) is 25.0 Å². The van der Waals surface area contributed by atoms with Crippen LogP contribution in [0.4, 0.5) is 0 Å². The van der Waals surface area contributed by atoms with Crippen LogP contribution >= 0.6 is 11.3 Å². The van der Waals surface area contributed by atoms with Gasteiger partial charge in [-0.1, -0.05) is 30.3 Å². The van der Waals surface area contributed by atoms with E-state index in [-0.39, 0.29) is 17.5 Å². The number of ether oxygens (including phenoxy) is 1. The SMILES string of the molecule is COCC(C)NC(=O)c1sc2nc(Cc3ccccc3)[nH]c(=O)c2c1C. The molecule has 0 radical (unpaired) electrons. The van der Waals surface area contributed by atoms with Gasteiger partial charge in [0, 0.05) is 19.6 Å². The highest BCUT2D eigenvalue weighted by Gasteiger charge is 2.20. The third-order valence-electron chi connectivity index (χ3n) is 4.06. The minimum Gasteiger partial charge on any atom is -0.383 e. The number of H-pyrrole nitrogens is 1. The fourth-order valence-corrected chi connectivity index (χ4v) is 3.96. The quantitative estimate of drug-likeness (QED) is 0.698. The van der Waals surface area contributed by atoms with Crippen molar-refractivity contribution in [1.29, 1.82) is 0 Å². The number of methoxy groups -OCH3 is 1. The number of amides is 1. The van der Waals surface area contributed by atoms with Crippen molar-refractivity contribution in [3.63, 3.8) is 0 Å². The van der Waals surface area contributed by atoms with Crippen LogP contribution in [-0.2, 0) is 11.2 Å². The molecule has 7 heteroatoms. The predicted octanol–water partition coefficient (Wildman–Crippen LogP) is 2.65. The van der Waals surface area contributed by atoms with Crippen LogP contribution in [0.1, 0.15) is 33.5 Å². The van der Waals surface area contributed by atoms with Crippen LogP contribution in [0.3, 0.4) is 0 Å². The molecule has 2 heterocycles. The fraction of sp³-hybridized carbons (Fsp3) is 0.316. The zero-order valence-electron chi connectivity index (χ0n) is 15.0. The lowest BCUT2D eigenvalue weighted by Crippen LogP contribution is -2.35. The van der Waals surface area contributed by atoms with E-state index in [0.717, 1.165) is 5.56 Å². The van der Waals surface area contributed by atoms with E-state index in [1.807, 2.05) is 37.3 Å². The molecular weight excluding hydrogens is 350 g/mol. The third kappa shape index (κ3) is 3.84. The Balaban J connectivity index is 1.93. The molecule has 0 bridgehead atoms. The van der Waals surface area contributed by atoms with E-state index in [4.69, 9.17) is 4.74 Å². The molecule has 1 aromatic carbocycles.